The van der Waals surface area contributed by atoms with Gasteiger partial charge in [-0.15, -0.1) is 0 Å². The molecule has 3 rings (SSSR count). The maximum Gasteiger partial charge on any atom is 0.358 e. The molecule has 1 aliphatic heterocycles. The first kappa shape index (κ1) is 15.1. The molecule has 1 fully saturated rings. The summed E-state index contributed by atoms with van der Waals surface area (Å²) in [5, 5.41) is 12.4. The molecule has 0 saturated carbocycles. The van der Waals surface area contributed by atoms with E-state index in [-0.39, 0.29) is 17.8 Å². The fourth-order valence-corrected chi connectivity index (χ4v) is 2.61. The number of aromatic carboxylic acids is 1. The first-order valence-corrected chi connectivity index (χ1v) is 7.36. The Kier molecular flexibility index (Phi) is 3.77. The van der Waals surface area contributed by atoms with E-state index in [1.165, 1.54) is 6.07 Å². The summed E-state index contributed by atoms with van der Waals surface area (Å²) < 4.78 is 5.07. The van der Waals surface area contributed by atoms with Crippen LogP contribution in [0.3, 0.4) is 0 Å². The quantitative estimate of drug-likeness (QED) is 0.937. The van der Waals surface area contributed by atoms with Crippen molar-refractivity contribution in [2.45, 2.75) is 19.9 Å². The number of amides is 2. The average molecular weight is 315 g/mol. The van der Waals surface area contributed by atoms with Gasteiger partial charge in [-0.25, -0.2) is 9.59 Å². The first-order chi connectivity index (χ1) is 11.0. The van der Waals surface area contributed by atoms with Crippen molar-refractivity contribution in [2.75, 3.05) is 18.0 Å². The topological polar surface area (TPSA) is 86.9 Å². The number of aromatic nitrogens is 1. The summed E-state index contributed by atoms with van der Waals surface area (Å²) in [5.74, 6) is -0.782. The predicted octanol–water partition coefficient (Wildman–Crippen LogP) is 2.69. The van der Waals surface area contributed by atoms with E-state index in [4.69, 9.17) is 9.63 Å². The van der Waals surface area contributed by atoms with Crippen molar-refractivity contribution in [1.82, 2.24) is 10.1 Å². The van der Waals surface area contributed by atoms with Crippen LogP contribution in [0.15, 0.2) is 34.9 Å². The fourth-order valence-electron chi connectivity index (χ4n) is 2.61. The van der Waals surface area contributed by atoms with Crippen LogP contribution in [-0.4, -0.2) is 46.3 Å². The minimum atomic E-state index is -1.14. The Bertz CT molecular complexity index is 753. The molecule has 2 amide bonds. The zero-order chi connectivity index (χ0) is 16.6. The van der Waals surface area contributed by atoms with Crippen LogP contribution in [0.1, 0.15) is 24.3 Å². The highest BCUT2D eigenvalue weighted by atomic mass is 16.5. The number of anilines is 1. The van der Waals surface area contributed by atoms with Crippen molar-refractivity contribution in [2.24, 2.45) is 0 Å². The van der Waals surface area contributed by atoms with Crippen molar-refractivity contribution in [3.8, 4) is 11.3 Å². The molecule has 0 radical (unpaired) electrons. The molecule has 0 aliphatic carbocycles. The summed E-state index contributed by atoms with van der Waals surface area (Å²) in [6.45, 7) is 5.28. The van der Waals surface area contributed by atoms with Gasteiger partial charge in [0.2, 0.25) is 0 Å². The van der Waals surface area contributed by atoms with Crippen LogP contribution in [0, 0.1) is 0 Å². The Morgan fingerprint density at radius 2 is 2.09 bits per heavy atom. The fraction of sp³-hybridized carbons (Fsp3) is 0.312. The van der Waals surface area contributed by atoms with Gasteiger partial charge in [-0.2, -0.15) is 0 Å². The molecule has 1 aliphatic rings. The lowest BCUT2D eigenvalue weighted by Crippen LogP contribution is -2.36. The Balaban J connectivity index is 1.88. The molecular weight excluding hydrogens is 298 g/mol. The van der Waals surface area contributed by atoms with E-state index in [1.54, 1.807) is 23.1 Å². The highest BCUT2D eigenvalue weighted by Gasteiger charge is 2.31. The molecule has 23 heavy (non-hydrogen) atoms. The van der Waals surface area contributed by atoms with Crippen molar-refractivity contribution in [1.29, 1.82) is 0 Å². The number of carboxylic acid groups (broad SMARTS) is 1. The van der Waals surface area contributed by atoms with E-state index >= 15 is 0 Å². The molecule has 0 spiro atoms. The maximum absolute atomic E-state index is 12.4. The van der Waals surface area contributed by atoms with Crippen LogP contribution in [0.2, 0.25) is 0 Å². The SMILES string of the molecule is CC(C)N1CCN(c2cccc(-c3cc(C(=O)O)no3)c2)C1=O. The van der Waals surface area contributed by atoms with Crippen LogP contribution in [-0.2, 0) is 0 Å². The molecule has 0 bridgehead atoms. The second-order valence-corrected chi connectivity index (χ2v) is 5.65. The van der Waals surface area contributed by atoms with Crippen LogP contribution in [0.25, 0.3) is 11.3 Å². The smallest absolute Gasteiger partial charge is 0.358 e. The third-order valence-electron chi connectivity index (χ3n) is 3.84. The second-order valence-electron chi connectivity index (χ2n) is 5.65. The molecule has 7 nitrogen and oxygen atoms in total. The predicted molar refractivity (Wildman–Crippen MR) is 83.5 cm³/mol. The summed E-state index contributed by atoms with van der Waals surface area (Å²) in [5.41, 5.74) is 1.29. The molecule has 2 aromatic rings. The van der Waals surface area contributed by atoms with Gasteiger partial charge in [0.1, 0.15) is 0 Å². The van der Waals surface area contributed by atoms with E-state index in [2.05, 4.69) is 5.16 Å². The normalized spacial score (nSPS) is 14.8. The molecule has 7 heteroatoms. The van der Waals surface area contributed by atoms with Gasteiger partial charge in [-0.1, -0.05) is 17.3 Å². The number of hydrogen-bond donors (Lipinski definition) is 1. The number of hydrogen-bond acceptors (Lipinski definition) is 4. The van der Waals surface area contributed by atoms with Crippen LogP contribution in [0.5, 0.6) is 0 Å². The largest absolute Gasteiger partial charge is 0.476 e. The third kappa shape index (κ3) is 2.77. The lowest BCUT2D eigenvalue weighted by Gasteiger charge is -2.21. The average Bonchev–Trinajstić information content (AvgIpc) is 3.14. The molecule has 1 saturated heterocycles. The van der Waals surface area contributed by atoms with Crippen molar-refractivity contribution >= 4 is 17.7 Å². The Labute approximate surface area is 133 Å². The lowest BCUT2D eigenvalue weighted by atomic mass is 10.1. The molecule has 1 aromatic carbocycles. The molecule has 0 atom stereocenters. The molecule has 1 aromatic heterocycles. The van der Waals surface area contributed by atoms with Crippen LogP contribution >= 0.6 is 0 Å². The van der Waals surface area contributed by atoms with Gasteiger partial charge < -0.3 is 14.5 Å². The molecule has 0 unspecified atom stereocenters. The van der Waals surface area contributed by atoms with E-state index in [1.807, 2.05) is 24.8 Å². The highest BCUT2D eigenvalue weighted by molar-refractivity contribution is 5.95. The van der Waals surface area contributed by atoms with Crippen LogP contribution < -0.4 is 4.90 Å². The van der Waals surface area contributed by atoms with Crippen LogP contribution in [0.4, 0.5) is 10.5 Å². The van der Waals surface area contributed by atoms with Crippen molar-refractivity contribution in [3.63, 3.8) is 0 Å². The Hall–Kier alpha value is -2.83. The number of benzene rings is 1. The summed E-state index contributed by atoms with van der Waals surface area (Å²) in [6.07, 6.45) is 0. The number of nitrogens with zero attached hydrogens (tertiary/aromatic N) is 3. The molecular formula is C16H17N3O4. The van der Waals surface area contributed by atoms with E-state index < -0.39 is 5.97 Å². The monoisotopic (exact) mass is 315 g/mol. The van der Waals surface area contributed by atoms with E-state index in [0.29, 0.717) is 24.4 Å². The van der Waals surface area contributed by atoms with Crippen molar-refractivity contribution < 1.29 is 19.2 Å². The van der Waals surface area contributed by atoms with Gasteiger partial charge in [-0.3, -0.25) is 4.90 Å². The summed E-state index contributed by atoms with van der Waals surface area (Å²) in [6, 6.07) is 8.74. The molecule has 120 valence electrons. The minimum Gasteiger partial charge on any atom is -0.476 e. The number of carbonyl (C=O) groups excluding carboxylic acids is 1. The Morgan fingerprint density at radius 1 is 1.30 bits per heavy atom. The molecule has 2 heterocycles. The molecule has 1 N–H and O–H groups in total. The Morgan fingerprint density at radius 3 is 2.70 bits per heavy atom. The van der Waals surface area contributed by atoms with Gasteiger partial charge in [0.05, 0.1) is 0 Å². The van der Waals surface area contributed by atoms with Gasteiger partial charge in [-0.05, 0) is 26.0 Å². The third-order valence-corrected chi connectivity index (χ3v) is 3.84. The van der Waals surface area contributed by atoms with Crippen molar-refractivity contribution in [3.05, 3.63) is 36.0 Å². The first-order valence-electron chi connectivity index (χ1n) is 7.36. The van der Waals surface area contributed by atoms with Gasteiger partial charge in [0.25, 0.3) is 0 Å². The summed E-state index contributed by atoms with van der Waals surface area (Å²) in [4.78, 5) is 26.8. The summed E-state index contributed by atoms with van der Waals surface area (Å²) >= 11 is 0. The second kappa shape index (κ2) is 5.75. The van der Waals surface area contributed by atoms with Gasteiger partial charge in [0, 0.05) is 36.4 Å². The van der Waals surface area contributed by atoms with E-state index in [9.17, 15) is 9.59 Å². The standard InChI is InChI=1S/C16H17N3O4/c1-10(2)18-6-7-19(16(18)22)12-5-3-4-11(8-12)14-9-13(15(20)21)17-23-14/h3-5,8-10H,6-7H2,1-2H3,(H,20,21). The zero-order valence-corrected chi connectivity index (χ0v) is 12.9. The number of carbonyl (C=O) groups is 2. The number of carboxylic acids is 1. The lowest BCUT2D eigenvalue weighted by molar-refractivity contribution is 0.0685. The summed E-state index contributed by atoms with van der Waals surface area (Å²) in [7, 11) is 0. The van der Waals surface area contributed by atoms with Gasteiger partial charge >= 0.3 is 12.0 Å². The maximum atomic E-state index is 12.4. The number of rotatable bonds is 4. The zero-order valence-electron chi connectivity index (χ0n) is 12.9. The van der Waals surface area contributed by atoms with E-state index in [0.717, 1.165) is 5.69 Å². The van der Waals surface area contributed by atoms with Gasteiger partial charge in [0.15, 0.2) is 11.5 Å². The minimum absolute atomic E-state index is 0.0269. The highest BCUT2D eigenvalue weighted by Crippen LogP contribution is 2.28. The number of urea groups is 1.